The second kappa shape index (κ2) is 8.42. The van der Waals surface area contributed by atoms with Gasteiger partial charge in [0, 0.05) is 34.8 Å². The van der Waals surface area contributed by atoms with Crippen LogP contribution in [0.1, 0.15) is 29.2 Å². The van der Waals surface area contributed by atoms with Crippen LogP contribution in [0.2, 0.25) is 0 Å². The number of nitrogens with zero attached hydrogens (tertiary/aromatic N) is 1. The van der Waals surface area contributed by atoms with E-state index in [-0.39, 0.29) is 5.63 Å². The average Bonchev–Trinajstić information content (AvgIpc) is 2.83. The SMILES string of the molecule is CCc1cc(=O)oc2c(C)c3c(cc12)CN(c1ccc(OCc2ccccc2)cc1)CO3. The van der Waals surface area contributed by atoms with Crippen LogP contribution in [0.15, 0.2) is 75.9 Å². The minimum Gasteiger partial charge on any atom is -0.489 e. The number of anilines is 1. The maximum absolute atomic E-state index is 11.9. The number of benzene rings is 3. The molecule has 5 heteroatoms. The van der Waals surface area contributed by atoms with E-state index in [1.165, 1.54) is 0 Å². The minimum atomic E-state index is -0.315. The lowest BCUT2D eigenvalue weighted by molar-refractivity contribution is 0.287. The molecule has 4 aromatic rings. The first-order valence-corrected chi connectivity index (χ1v) is 10.9. The van der Waals surface area contributed by atoms with Crippen molar-refractivity contribution in [1.29, 1.82) is 0 Å². The van der Waals surface area contributed by atoms with E-state index in [2.05, 4.69) is 35.2 Å². The Morgan fingerprint density at radius 3 is 2.56 bits per heavy atom. The summed E-state index contributed by atoms with van der Waals surface area (Å²) in [7, 11) is 0. The summed E-state index contributed by atoms with van der Waals surface area (Å²) in [6.07, 6.45) is 0.773. The molecule has 1 aliphatic rings. The molecular weight excluding hydrogens is 402 g/mol. The van der Waals surface area contributed by atoms with Crippen LogP contribution in [-0.2, 0) is 19.6 Å². The average molecular weight is 428 g/mol. The molecule has 1 aromatic heterocycles. The van der Waals surface area contributed by atoms with E-state index < -0.39 is 0 Å². The first-order valence-electron chi connectivity index (χ1n) is 10.9. The molecule has 0 radical (unpaired) electrons. The lowest BCUT2D eigenvalue weighted by atomic mass is 9.99. The van der Waals surface area contributed by atoms with Crippen LogP contribution < -0.4 is 20.0 Å². The standard InChI is InChI=1S/C27H25NO4/c1-3-20-14-25(29)32-27-18(2)26-21(13-24(20)27)15-28(17-31-26)22-9-11-23(12-10-22)30-16-19-7-5-4-6-8-19/h4-14H,3,15-17H2,1-2H3. The first-order chi connectivity index (χ1) is 15.6. The van der Waals surface area contributed by atoms with Crippen LogP contribution in [-0.4, -0.2) is 6.73 Å². The molecular formula is C27H25NO4. The van der Waals surface area contributed by atoms with Gasteiger partial charge in [0.05, 0.1) is 0 Å². The highest BCUT2D eigenvalue weighted by molar-refractivity contribution is 5.86. The van der Waals surface area contributed by atoms with Gasteiger partial charge in [0.25, 0.3) is 0 Å². The highest BCUT2D eigenvalue weighted by atomic mass is 16.5. The van der Waals surface area contributed by atoms with Crippen LogP contribution in [0.25, 0.3) is 11.0 Å². The molecule has 162 valence electrons. The molecule has 0 amide bonds. The van der Waals surface area contributed by atoms with Crippen LogP contribution >= 0.6 is 0 Å². The van der Waals surface area contributed by atoms with E-state index >= 15 is 0 Å². The molecule has 2 heterocycles. The fourth-order valence-electron chi connectivity index (χ4n) is 4.24. The van der Waals surface area contributed by atoms with Gasteiger partial charge < -0.3 is 18.8 Å². The van der Waals surface area contributed by atoms with Gasteiger partial charge in [-0.2, -0.15) is 0 Å². The molecule has 0 saturated carbocycles. The van der Waals surface area contributed by atoms with E-state index in [0.717, 1.165) is 57.8 Å². The maximum atomic E-state index is 11.9. The zero-order chi connectivity index (χ0) is 22.1. The van der Waals surface area contributed by atoms with Crippen molar-refractivity contribution in [3.05, 3.63) is 99.4 Å². The highest BCUT2D eigenvalue weighted by Gasteiger charge is 2.23. The fraction of sp³-hybridized carbons (Fsp3) is 0.222. The molecule has 0 fully saturated rings. The van der Waals surface area contributed by atoms with Crippen LogP contribution in [0.4, 0.5) is 5.69 Å². The Morgan fingerprint density at radius 2 is 1.81 bits per heavy atom. The second-order valence-corrected chi connectivity index (χ2v) is 8.05. The van der Waals surface area contributed by atoms with Crippen molar-refractivity contribution < 1.29 is 13.9 Å². The molecule has 0 spiro atoms. The van der Waals surface area contributed by atoms with E-state index in [9.17, 15) is 4.79 Å². The van der Waals surface area contributed by atoms with Crippen molar-refractivity contribution in [2.75, 3.05) is 11.6 Å². The molecule has 0 unspecified atom stereocenters. The van der Waals surface area contributed by atoms with Crippen LogP contribution in [0.5, 0.6) is 11.5 Å². The summed E-state index contributed by atoms with van der Waals surface area (Å²) in [6, 6.07) is 21.9. The number of aryl methyl sites for hydroxylation is 2. The third-order valence-electron chi connectivity index (χ3n) is 5.93. The second-order valence-electron chi connectivity index (χ2n) is 8.05. The molecule has 3 aromatic carbocycles. The number of rotatable bonds is 5. The highest BCUT2D eigenvalue weighted by Crippen LogP contribution is 2.37. The molecule has 0 saturated heterocycles. The van der Waals surface area contributed by atoms with Crippen LogP contribution in [0, 0.1) is 6.92 Å². The Kier molecular flexibility index (Phi) is 5.31. The summed E-state index contributed by atoms with van der Waals surface area (Å²) in [6.45, 7) is 5.70. The van der Waals surface area contributed by atoms with Gasteiger partial charge in [-0.1, -0.05) is 37.3 Å². The molecule has 1 aliphatic heterocycles. The third-order valence-corrected chi connectivity index (χ3v) is 5.93. The Hall–Kier alpha value is -3.73. The topological polar surface area (TPSA) is 51.9 Å². The normalized spacial score (nSPS) is 13.0. The molecule has 5 rings (SSSR count). The van der Waals surface area contributed by atoms with Gasteiger partial charge in [-0.25, -0.2) is 4.79 Å². The van der Waals surface area contributed by atoms with Crippen LogP contribution in [0.3, 0.4) is 0 Å². The minimum absolute atomic E-state index is 0.315. The lowest BCUT2D eigenvalue weighted by Crippen LogP contribution is -2.32. The summed E-state index contributed by atoms with van der Waals surface area (Å²) in [5.41, 5.74) is 5.49. The fourth-order valence-corrected chi connectivity index (χ4v) is 4.24. The van der Waals surface area contributed by atoms with Crippen molar-refractivity contribution in [3.8, 4) is 11.5 Å². The molecule has 0 atom stereocenters. The zero-order valence-corrected chi connectivity index (χ0v) is 18.3. The van der Waals surface area contributed by atoms with Crippen molar-refractivity contribution >= 4 is 16.7 Å². The summed E-state index contributed by atoms with van der Waals surface area (Å²) < 4.78 is 17.5. The largest absolute Gasteiger partial charge is 0.489 e. The molecule has 0 N–H and O–H groups in total. The number of ether oxygens (including phenoxy) is 2. The molecule has 5 nitrogen and oxygen atoms in total. The van der Waals surface area contributed by atoms with Crippen molar-refractivity contribution in [1.82, 2.24) is 0 Å². The molecule has 0 aliphatic carbocycles. The summed E-state index contributed by atoms with van der Waals surface area (Å²) in [5.74, 6) is 1.65. The Balaban J connectivity index is 1.37. The maximum Gasteiger partial charge on any atom is 0.336 e. The Morgan fingerprint density at radius 1 is 1.03 bits per heavy atom. The molecule has 0 bridgehead atoms. The molecule has 32 heavy (non-hydrogen) atoms. The summed E-state index contributed by atoms with van der Waals surface area (Å²) in [4.78, 5) is 14.1. The Labute approximate surface area is 186 Å². The van der Waals surface area contributed by atoms with Gasteiger partial charge in [0.2, 0.25) is 0 Å². The van der Waals surface area contributed by atoms with Gasteiger partial charge >= 0.3 is 5.63 Å². The lowest BCUT2D eigenvalue weighted by Gasteiger charge is -2.32. The Bertz CT molecular complexity index is 1310. The smallest absolute Gasteiger partial charge is 0.336 e. The van der Waals surface area contributed by atoms with Gasteiger partial charge in [-0.3, -0.25) is 0 Å². The van der Waals surface area contributed by atoms with E-state index in [0.29, 0.717) is 18.9 Å². The van der Waals surface area contributed by atoms with Gasteiger partial charge in [-0.05, 0) is 54.8 Å². The number of hydrogen-bond acceptors (Lipinski definition) is 5. The van der Waals surface area contributed by atoms with E-state index in [1.54, 1.807) is 6.07 Å². The van der Waals surface area contributed by atoms with Gasteiger partial charge in [0.15, 0.2) is 6.73 Å². The zero-order valence-electron chi connectivity index (χ0n) is 18.3. The first kappa shape index (κ1) is 20.2. The number of hydrogen-bond donors (Lipinski definition) is 0. The summed E-state index contributed by atoms with van der Waals surface area (Å²) >= 11 is 0. The van der Waals surface area contributed by atoms with Crippen molar-refractivity contribution in [3.63, 3.8) is 0 Å². The van der Waals surface area contributed by atoms with Crippen molar-refractivity contribution in [2.45, 2.75) is 33.4 Å². The van der Waals surface area contributed by atoms with Gasteiger partial charge in [-0.15, -0.1) is 0 Å². The van der Waals surface area contributed by atoms with E-state index in [4.69, 9.17) is 13.9 Å². The predicted molar refractivity (Wildman–Crippen MR) is 125 cm³/mol. The quantitative estimate of drug-likeness (QED) is 0.388. The van der Waals surface area contributed by atoms with Gasteiger partial charge in [0.1, 0.15) is 23.7 Å². The summed E-state index contributed by atoms with van der Waals surface area (Å²) in [5, 5.41) is 0.985. The predicted octanol–water partition coefficient (Wildman–Crippen LogP) is 5.60. The van der Waals surface area contributed by atoms with E-state index in [1.807, 2.05) is 44.2 Å². The third kappa shape index (κ3) is 3.82. The van der Waals surface area contributed by atoms with Crippen molar-refractivity contribution in [2.24, 2.45) is 0 Å². The number of fused-ring (bicyclic) bond motifs is 2. The monoisotopic (exact) mass is 427 g/mol.